The van der Waals surface area contributed by atoms with E-state index >= 15 is 0 Å². The Balaban J connectivity index is 1.95. The van der Waals surface area contributed by atoms with Crippen molar-refractivity contribution in [1.29, 1.82) is 0 Å². The molecule has 15 heavy (non-hydrogen) atoms. The fourth-order valence-electron chi connectivity index (χ4n) is 1.32. The van der Waals surface area contributed by atoms with Crippen molar-refractivity contribution < 1.29 is 9.47 Å². The summed E-state index contributed by atoms with van der Waals surface area (Å²) in [5, 5.41) is 3.41. The Morgan fingerprint density at radius 2 is 2.07 bits per heavy atom. The van der Waals surface area contributed by atoms with Crippen LogP contribution in [0.2, 0.25) is 5.28 Å². The number of ether oxygens (including phenoxy) is 2. The van der Waals surface area contributed by atoms with E-state index in [1.165, 1.54) is 0 Å². The molecule has 0 spiro atoms. The third-order valence-corrected chi connectivity index (χ3v) is 2.17. The monoisotopic (exact) mass is 229 g/mol. The molecule has 0 bridgehead atoms. The van der Waals surface area contributed by atoms with Crippen LogP contribution in [0.25, 0.3) is 0 Å². The number of nitrogens with zero attached hydrogens (tertiary/aromatic N) is 2. The minimum atomic E-state index is 0.110. The molecular formula is C9H12ClN3O2. The van der Waals surface area contributed by atoms with Crippen molar-refractivity contribution in [2.45, 2.75) is 6.04 Å². The second kappa shape index (κ2) is 5.25. The molecule has 1 aromatic heterocycles. The Kier molecular flexibility index (Phi) is 3.71. The third kappa shape index (κ3) is 3.30. The van der Waals surface area contributed by atoms with Gasteiger partial charge in [0.2, 0.25) is 5.28 Å². The zero-order valence-electron chi connectivity index (χ0n) is 8.15. The van der Waals surface area contributed by atoms with Gasteiger partial charge in [-0.2, -0.15) is 0 Å². The van der Waals surface area contributed by atoms with Crippen molar-refractivity contribution in [3.8, 4) is 0 Å². The summed E-state index contributed by atoms with van der Waals surface area (Å²) in [6.07, 6.45) is 1.61. The number of rotatable bonds is 2. The summed E-state index contributed by atoms with van der Waals surface area (Å²) < 4.78 is 10.7. The summed E-state index contributed by atoms with van der Waals surface area (Å²) in [5.74, 6) is 0.689. The highest BCUT2D eigenvalue weighted by molar-refractivity contribution is 6.28. The van der Waals surface area contributed by atoms with Crippen LogP contribution in [0.3, 0.4) is 0 Å². The summed E-state index contributed by atoms with van der Waals surface area (Å²) in [5.41, 5.74) is 0. The van der Waals surface area contributed by atoms with Gasteiger partial charge in [0.1, 0.15) is 5.82 Å². The summed E-state index contributed by atoms with van der Waals surface area (Å²) in [7, 11) is 0. The van der Waals surface area contributed by atoms with E-state index in [0.29, 0.717) is 32.2 Å². The molecule has 0 radical (unpaired) electrons. The molecule has 1 fully saturated rings. The minimum absolute atomic E-state index is 0.110. The molecule has 5 nitrogen and oxygen atoms in total. The van der Waals surface area contributed by atoms with Gasteiger partial charge in [-0.25, -0.2) is 9.97 Å². The maximum atomic E-state index is 5.67. The summed E-state index contributed by atoms with van der Waals surface area (Å²) in [6, 6.07) is 1.87. The standard InChI is InChI=1S/C9H12ClN3O2/c10-9-11-2-1-8(13-9)12-7-5-14-3-4-15-6-7/h1-2,7H,3-6H2,(H,11,12,13). The zero-order valence-corrected chi connectivity index (χ0v) is 8.91. The normalized spacial score (nSPS) is 18.5. The Bertz CT molecular complexity index is 316. The molecule has 1 N–H and O–H groups in total. The van der Waals surface area contributed by atoms with Crippen LogP contribution in [-0.4, -0.2) is 42.4 Å². The number of hydrogen-bond acceptors (Lipinski definition) is 5. The maximum Gasteiger partial charge on any atom is 0.224 e. The lowest BCUT2D eigenvalue weighted by atomic mass is 10.3. The number of nitrogens with one attached hydrogen (secondary N) is 1. The van der Waals surface area contributed by atoms with E-state index in [0.717, 1.165) is 0 Å². The Morgan fingerprint density at radius 3 is 2.73 bits per heavy atom. The van der Waals surface area contributed by atoms with E-state index in [1.54, 1.807) is 12.3 Å². The fourth-order valence-corrected chi connectivity index (χ4v) is 1.47. The Labute approximate surface area is 92.8 Å². The fraction of sp³-hybridized carbons (Fsp3) is 0.556. The molecule has 0 aliphatic carbocycles. The Morgan fingerprint density at radius 1 is 1.33 bits per heavy atom. The van der Waals surface area contributed by atoms with E-state index in [4.69, 9.17) is 21.1 Å². The largest absolute Gasteiger partial charge is 0.377 e. The SMILES string of the molecule is Clc1nccc(NC2COCCOC2)n1. The van der Waals surface area contributed by atoms with E-state index in [2.05, 4.69) is 15.3 Å². The highest BCUT2D eigenvalue weighted by Crippen LogP contribution is 2.08. The van der Waals surface area contributed by atoms with Crippen molar-refractivity contribution in [2.24, 2.45) is 0 Å². The molecule has 0 amide bonds. The quantitative estimate of drug-likeness (QED) is 0.766. The second-order valence-electron chi connectivity index (χ2n) is 3.20. The second-order valence-corrected chi connectivity index (χ2v) is 3.54. The zero-order chi connectivity index (χ0) is 10.5. The molecule has 0 atom stereocenters. The van der Waals surface area contributed by atoms with Gasteiger partial charge in [0.05, 0.1) is 32.5 Å². The maximum absolute atomic E-state index is 5.67. The van der Waals surface area contributed by atoms with Gasteiger partial charge in [-0.3, -0.25) is 0 Å². The van der Waals surface area contributed by atoms with Gasteiger partial charge >= 0.3 is 0 Å². The topological polar surface area (TPSA) is 56.3 Å². The highest BCUT2D eigenvalue weighted by atomic mass is 35.5. The average molecular weight is 230 g/mol. The Hall–Kier alpha value is -0.910. The van der Waals surface area contributed by atoms with Crippen LogP contribution in [-0.2, 0) is 9.47 Å². The lowest BCUT2D eigenvalue weighted by Gasteiger charge is -2.15. The number of anilines is 1. The highest BCUT2D eigenvalue weighted by Gasteiger charge is 2.13. The first-order valence-electron chi connectivity index (χ1n) is 4.75. The molecule has 0 aromatic carbocycles. The molecule has 1 aliphatic heterocycles. The van der Waals surface area contributed by atoms with Gasteiger partial charge in [0.15, 0.2) is 0 Å². The van der Waals surface area contributed by atoms with Crippen LogP contribution in [0.15, 0.2) is 12.3 Å². The summed E-state index contributed by atoms with van der Waals surface area (Å²) in [6.45, 7) is 2.51. The van der Waals surface area contributed by atoms with Crippen LogP contribution >= 0.6 is 11.6 Å². The molecule has 1 aliphatic rings. The van der Waals surface area contributed by atoms with Crippen LogP contribution in [0, 0.1) is 0 Å². The van der Waals surface area contributed by atoms with E-state index < -0.39 is 0 Å². The summed E-state index contributed by atoms with van der Waals surface area (Å²) >= 11 is 5.67. The van der Waals surface area contributed by atoms with Gasteiger partial charge in [0.25, 0.3) is 0 Å². The predicted octanol–water partition coefficient (Wildman–Crippen LogP) is 0.957. The van der Waals surface area contributed by atoms with Crippen molar-refractivity contribution in [2.75, 3.05) is 31.7 Å². The molecular weight excluding hydrogens is 218 g/mol. The first-order chi connectivity index (χ1) is 7.34. The number of aromatic nitrogens is 2. The van der Waals surface area contributed by atoms with Crippen LogP contribution in [0.4, 0.5) is 5.82 Å². The van der Waals surface area contributed by atoms with E-state index in [-0.39, 0.29) is 11.3 Å². The van der Waals surface area contributed by atoms with Gasteiger partial charge in [-0.05, 0) is 17.7 Å². The molecule has 1 saturated heterocycles. The van der Waals surface area contributed by atoms with Gasteiger partial charge in [-0.1, -0.05) is 0 Å². The first kappa shape index (κ1) is 10.6. The van der Waals surface area contributed by atoms with Crippen molar-refractivity contribution in [3.05, 3.63) is 17.5 Å². The number of halogens is 1. The van der Waals surface area contributed by atoms with Crippen LogP contribution in [0.5, 0.6) is 0 Å². The van der Waals surface area contributed by atoms with Gasteiger partial charge < -0.3 is 14.8 Å². The molecule has 82 valence electrons. The molecule has 1 aromatic rings. The van der Waals surface area contributed by atoms with E-state index in [1.807, 2.05) is 0 Å². The molecule has 0 saturated carbocycles. The molecule has 6 heteroatoms. The van der Waals surface area contributed by atoms with Gasteiger partial charge in [0, 0.05) is 6.20 Å². The lowest BCUT2D eigenvalue weighted by Crippen LogP contribution is -2.28. The van der Waals surface area contributed by atoms with Crippen molar-refractivity contribution in [3.63, 3.8) is 0 Å². The van der Waals surface area contributed by atoms with Gasteiger partial charge in [-0.15, -0.1) is 0 Å². The predicted molar refractivity (Wildman–Crippen MR) is 56.1 cm³/mol. The third-order valence-electron chi connectivity index (χ3n) is 1.99. The summed E-state index contributed by atoms with van der Waals surface area (Å²) in [4.78, 5) is 7.83. The first-order valence-corrected chi connectivity index (χ1v) is 5.13. The lowest BCUT2D eigenvalue weighted by molar-refractivity contribution is 0.103. The smallest absolute Gasteiger partial charge is 0.224 e. The van der Waals surface area contributed by atoms with Crippen LogP contribution in [0.1, 0.15) is 0 Å². The molecule has 0 unspecified atom stereocenters. The molecule has 2 rings (SSSR count). The minimum Gasteiger partial charge on any atom is -0.377 e. The van der Waals surface area contributed by atoms with E-state index in [9.17, 15) is 0 Å². The van der Waals surface area contributed by atoms with Crippen molar-refractivity contribution in [1.82, 2.24) is 9.97 Å². The van der Waals surface area contributed by atoms with Crippen LogP contribution < -0.4 is 5.32 Å². The van der Waals surface area contributed by atoms with Crippen molar-refractivity contribution >= 4 is 17.4 Å². The number of hydrogen-bond donors (Lipinski definition) is 1. The average Bonchev–Trinajstić information content (AvgIpc) is 2.46. The molecule has 2 heterocycles.